The normalized spacial score (nSPS) is 15.7. The number of rotatable bonds is 4. The average Bonchev–Trinajstić information content (AvgIpc) is 2.20. The molecule has 0 aliphatic rings. The summed E-state index contributed by atoms with van der Waals surface area (Å²) < 4.78 is 14.8. The highest BCUT2D eigenvalue weighted by Crippen LogP contribution is 2.39. The first-order valence-electron chi connectivity index (χ1n) is 5.57. The summed E-state index contributed by atoms with van der Waals surface area (Å²) in [5.74, 6) is -0.289. The van der Waals surface area contributed by atoms with E-state index in [0.717, 1.165) is 4.47 Å². The van der Waals surface area contributed by atoms with E-state index in [1.807, 2.05) is 20.8 Å². The van der Waals surface area contributed by atoms with Crippen molar-refractivity contribution in [2.45, 2.75) is 38.1 Å². The first-order valence-corrected chi connectivity index (χ1v) is 6.37. The topological polar surface area (TPSA) is 46.2 Å². The predicted molar refractivity (Wildman–Crippen MR) is 71.4 cm³/mol. The Balaban J connectivity index is 3.37. The van der Waals surface area contributed by atoms with Crippen LogP contribution in [0.15, 0.2) is 22.7 Å². The summed E-state index contributed by atoms with van der Waals surface area (Å²) in [5.41, 5.74) is 5.45. The van der Waals surface area contributed by atoms with E-state index < -0.39 is 11.0 Å². The van der Waals surface area contributed by atoms with Crippen LogP contribution >= 0.6 is 15.9 Å². The molecule has 2 nitrogen and oxygen atoms in total. The maximum Gasteiger partial charge on any atom is 0.127 e. The molecule has 0 amide bonds. The number of benzene rings is 1. The van der Waals surface area contributed by atoms with Crippen LogP contribution in [0.25, 0.3) is 0 Å². The molecule has 0 fully saturated rings. The molecular weight excluding hydrogens is 285 g/mol. The number of hydrogen-bond acceptors (Lipinski definition) is 2. The number of nitrogens with two attached hydrogens (primary N) is 1. The lowest BCUT2D eigenvalue weighted by Crippen LogP contribution is -2.53. The van der Waals surface area contributed by atoms with E-state index in [0.29, 0.717) is 12.0 Å². The third-order valence-electron chi connectivity index (χ3n) is 3.56. The van der Waals surface area contributed by atoms with E-state index >= 15 is 0 Å². The zero-order valence-electron chi connectivity index (χ0n) is 10.4. The van der Waals surface area contributed by atoms with Crippen LogP contribution in [0, 0.1) is 5.82 Å². The summed E-state index contributed by atoms with van der Waals surface area (Å²) in [5, 5.41) is 9.20. The molecule has 96 valence electrons. The maximum atomic E-state index is 14.0. The Labute approximate surface area is 110 Å². The average molecular weight is 304 g/mol. The van der Waals surface area contributed by atoms with Crippen LogP contribution in [-0.4, -0.2) is 17.3 Å². The van der Waals surface area contributed by atoms with Gasteiger partial charge in [0.1, 0.15) is 5.82 Å². The molecule has 1 unspecified atom stereocenters. The number of aliphatic hydroxyl groups excluding tert-OH is 1. The van der Waals surface area contributed by atoms with Crippen molar-refractivity contribution in [3.63, 3.8) is 0 Å². The molecular formula is C13H19BrFNO. The van der Waals surface area contributed by atoms with Crippen molar-refractivity contribution in [2.24, 2.45) is 5.73 Å². The van der Waals surface area contributed by atoms with Crippen LogP contribution < -0.4 is 5.73 Å². The lowest BCUT2D eigenvalue weighted by molar-refractivity contribution is 0.186. The van der Waals surface area contributed by atoms with Crippen molar-refractivity contribution >= 4 is 15.9 Å². The largest absolute Gasteiger partial charge is 0.396 e. The monoisotopic (exact) mass is 303 g/mol. The van der Waals surface area contributed by atoms with Gasteiger partial charge in [-0.05, 0) is 44.0 Å². The minimum absolute atomic E-state index is 0.0247. The summed E-state index contributed by atoms with van der Waals surface area (Å²) >= 11 is 3.34. The van der Waals surface area contributed by atoms with Crippen LogP contribution in [0.5, 0.6) is 0 Å². The van der Waals surface area contributed by atoms with E-state index in [-0.39, 0.29) is 12.4 Å². The number of hydrogen-bond donors (Lipinski definition) is 2. The fourth-order valence-corrected chi connectivity index (χ4v) is 2.31. The van der Waals surface area contributed by atoms with Crippen molar-refractivity contribution in [2.75, 3.05) is 6.61 Å². The zero-order valence-corrected chi connectivity index (χ0v) is 12.0. The summed E-state index contributed by atoms with van der Waals surface area (Å²) in [4.78, 5) is 0. The minimum Gasteiger partial charge on any atom is -0.396 e. The second-order valence-corrected chi connectivity index (χ2v) is 6.07. The molecule has 0 bridgehead atoms. The molecule has 1 atom stereocenters. The van der Waals surface area contributed by atoms with Gasteiger partial charge in [-0.15, -0.1) is 0 Å². The van der Waals surface area contributed by atoms with Gasteiger partial charge in [-0.3, -0.25) is 0 Å². The van der Waals surface area contributed by atoms with Gasteiger partial charge in [0.15, 0.2) is 0 Å². The molecule has 4 heteroatoms. The van der Waals surface area contributed by atoms with Gasteiger partial charge in [0, 0.05) is 22.0 Å². The number of aliphatic hydroxyl groups is 1. The predicted octanol–water partition coefficient (Wildman–Crippen LogP) is 2.97. The second-order valence-electron chi connectivity index (χ2n) is 5.15. The molecule has 1 rings (SSSR count). The molecule has 0 aliphatic heterocycles. The summed E-state index contributed by atoms with van der Waals surface area (Å²) in [6.07, 6.45) is 0.421. The van der Waals surface area contributed by atoms with E-state index in [9.17, 15) is 9.50 Å². The van der Waals surface area contributed by atoms with E-state index in [1.165, 1.54) is 6.07 Å². The lowest BCUT2D eigenvalue weighted by atomic mass is 9.66. The van der Waals surface area contributed by atoms with Crippen molar-refractivity contribution in [1.29, 1.82) is 0 Å². The van der Waals surface area contributed by atoms with Crippen LogP contribution in [0.4, 0.5) is 4.39 Å². The van der Waals surface area contributed by atoms with Crippen LogP contribution in [0.2, 0.25) is 0 Å². The second kappa shape index (κ2) is 5.04. The highest BCUT2D eigenvalue weighted by atomic mass is 79.9. The fraction of sp³-hybridized carbons (Fsp3) is 0.538. The summed E-state index contributed by atoms with van der Waals surface area (Å²) in [6.45, 7) is 5.56. The van der Waals surface area contributed by atoms with Gasteiger partial charge < -0.3 is 10.8 Å². The van der Waals surface area contributed by atoms with Gasteiger partial charge in [-0.25, -0.2) is 4.39 Å². The molecule has 0 saturated heterocycles. The molecule has 0 radical (unpaired) electrons. The van der Waals surface area contributed by atoms with Gasteiger partial charge in [0.25, 0.3) is 0 Å². The van der Waals surface area contributed by atoms with Crippen molar-refractivity contribution < 1.29 is 9.50 Å². The summed E-state index contributed by atoms with van der Waals surface area (Å²) in [6, 6.07) is 4.81. The van der Waals surface area contributed by atoms with Gasteiger partial charge in [0.05, 0.1) is 0 Å². The standard InChI is InChI=1S/C13H19BrFNO/c1-12(2,16)13(3,6-7-17)10-8-9(14)4-5-11(10)15/h4-5,8,17H,6-7,16H2,1-3H3. The third kappa shape index (κ3) is 2.87. The van der Waals surface area contributed by atoms with Crippen LogP contribution in [0.1, 0.15) is 32.8 Å². The van der Waals surface area contributed by atoms with E-state index in [2.05, 4.69) is 15.9 Å². The van der Waals surface area contributed by atoms with Crippen LogP contribution in [-0.2, 0) is 5.41 Å². The SMILES string of the molecule is CC(C)(N)C(C)(CCO)c1cc(Br)ccc1F. The van der Waals surface area contributed by atoms with Crippen LogP contribution in [0.3, 0.4) is 0 Å². The van der Waals surface area contributed by atoms with Gasteiger partial charge in [0.2, 0.25) is 0 Å². The van der Waals surface area contributed by atoms with E-state index in [4.69, 9.17) is 5.73 Å². The zero-order chi connectivity index (χ0) is 13.3. The molecule has 0 spiro atoms. The lowest BCUT2D eigenvalue weighted by Gasteiger charge is -2.42. The molecule has 1 aromatic carbocycles. The smallest absolute Gasteiger partial charge is 0.127 e. The Kier molecular flexibility index (Phi) is 4.33. The Hall–Kier alpha value is -0.450. The first kappa shape index (κ1) is 14.6. The van der Waals surface area contributed by atoms with Crippen molar-refractivity contribution in [3.05, 3.63) is 34.1 Å². The Bertz CT molecular complexity index is 403. The van der Waals surface area contributed by atoms with Crippen molar-refractivity contribution in [1.82, 2.24) is 0 Å². The maximum absolute atomic E-state index is 14.0. The molecule has 3 N–H and O–H groups in total. The van der Waals surface area contributed by atoms with Crippen molar-refractivity contribution in [3.8, 4) is 0 Å². The van der Waals surface area contributed by atoms with Gasteiger partial charge >= 0.3 is 0 Å². The Morgan fingerprint density at radius 2 is 1.94 bits per heavy atom. The fourth-order valence-electron chi connectivity index (χ4n) is 1.95. The highest BCUT2D eigenvalue weighted by molar-refractivity contribution is 9.10. The molecule has 17 heavy (non-hydrogen) atoms. The van der Waals surface area contributed by atoms with Gasteiger partial charge in [-0.2, -0.15) is 0 Å². The van der Waals surface area contributed by atoms with Gasteiger partial charge in [-0.1, -0.05) is 22.9 Å². The Morgan fingerprint density at radius 1 is 1.35 bits per heavy atom. The quantitative estimate of drug-likeness (QED) is 0.898. The molecule has 0 saturated carbocycles. The third-order valence-corrected chi connectivity index (χ3v) is 4.05. The molecule has 1 aromatic rings. The number of halogens is 2. The molecule has 0 aromatic heterocycles. The Morgan fingerprint density at radius 3 is 2.41 bits per heavy atom. The summed E-state index contributed by atoms with van der Waals surface area (Å²) in [7, 11) is 0. The molecule has 0 heterocycles. The minimum atomic E-state index is -0.628. The first-order chi connectivity index (χ1) is 7.72. The molecule has 0 aliphatic carbocycles. The van der Waals surface area contributed by atoms with E-state index in [1.54, 1.807) is 12.1 Å². The highest BCUT2D eigenvalue weighted by Gasteiger charge is 2.41.